The van der Waals surface area contributed by atoms with Gasteiger partial charge in [-0.15, -0.1) is 0 Å². The van der Waals surface area contributed by atoms with Gasteiger partial charge in [0.2, 0.25) is 5.75 Å². The fourth-order valence-electron chi connectivity index (χ4n) is 2.14. The second-order valence-electron chi connectivity index (χ2n) is 4.78. The van der Waals surface area contributed by atoms with E-state index in [0.717, 1.165) is 5.69 Å². The molecule has 0 saturated carbocycles. The molecule has 0 unspecified atom stereocenters. The first-order chi connectivity index (χ1) is 11.1. The second kappa shape index (κ2) is 7.53. The lowest BCUT2D eigenvalue weighted by Crippen LogP contribution is -2.25. The molecular formula is C16H20N2O5. The molecule has 0 bridgehead atoms. The Hall–Kier alpha value is -2.70. The summed E-state index contributed by atoms with van der Waals surface area (Å²) in [5, 5.41) is 2.82. The van der Waals surface area contributed by atoms with E-state index in [0.29, 0.717) is 41.7 Å². The van der Waals surface area contributed by atoms with Gasteiger partial charge in [0.25, 0.3) is 5.91 Å². The molecule has 0 aliphatic rings. The summed E-state index contributed by atoms with van der Waals surface area (Å²) in [6.07, 6.45) is 2.18. The van der Waals surface area contributed by atoms with Crippen molar-refractivity contribution in [2.45, 2.75) is 13.3 Å². The Kier molecular flexibility index (Phi) is 5.46. The highest BCUT2D eigenvalue weighted by atomic mass is 16.5. The van der Waals surface area contributed by atoms with Gasteiger partial charge in [0.05, 0.1) is 27.0 Å². The summed E-state index contributed by atoms with van der Waals surface area (Å²) in [7, 11) is 4.53. The van der Waals surface area contributed by atoms with E-state index >= 15 is 0 Å². The number of aromatic nitrogens is 1. The number of ether oxygens (including phenoxy) is 3. The maximum atomic E-state index is 12.3. The molecule has 7 heteroatoms. The first-order valence-electron chi connectivity index (χ1n) is 7.08. The van der Waals surface area contributed by atoms with Crippen molar-refractivity contribution >= 4 is 5.91 Å². The van der Waals surface area contributed by atoms with Crippen molar-refractivity contribution < 1.29 is 23.4 Å². The average molecular weight is 320 g/mol. The van der Waals surface area contributed by atoms with Crippen LogP contribution in [0.2, 0.25) is 0 Å². The van der Waals surface area contributed by atoms with Crippen LogP contribution >= 0.6 is 0 Å². The van der Waals surface area contributed by atoms with E-state index in [2.05, 4.69) is 10.3 Å². The molecule has 1 N–H and O–H groups in total. The third kappa shape index (κ3) is 3.94. The Balaban J connectivity index is 2.06. The van der Waals surface area contributed by atoms with E-state index in [1.54, 1.807) is 25.3 Å². The first-order valence-corrected chi connectivity index (χ1v) is 7.08. The summed E-state index contributed by atoms with van der Waals surface area (Å²) in [5.41, 5.74) is 1.23. The van der Waals surface area contributed by atoms with E-state index in [4.69, 9.17) is 18.6 Å². The number of hydrogen-bond acceptors (Lipinski definition) is 6. The number of carbonyl (C=O) groups is 1. The molecule has 124 valence electrons. The fraction of sp³-hybridized carbons (Fsp3) is 0.375. The van der Waals surface area contributed by atoms with Crippen LogP contribution in [-0.2, 0) is 6.42 Å². The van der Waals surface area contributed by atoms with Crippen molar-refractivity contribution in [3.63, 3.8) is 0 Å². The number of amides is 1. The van der Waals surface area contributed by atoms with Gasteiger partial charge < -0.3 is 23.9 Å². The number of oxazole rings is 1. The minimum atomic E-state index is -0.232. The standard InChI is InChI=1S/C16H20N2O5/c1-10-18-12(9-23-10)5-6-17-16(19)11-7-13(20-2)15(22-4)14(8-11)21-3/h7-9H,5-6H2,1-4H3,(H,17,19). The highest BCUT2D eigenvalue weighted by Gasteiger charge is 2.16. The molecule has 0 atom stereocenters. The van der Waals surface area contributed by atoms with E-state index in [-0.39, 0.29) is 5.91 Å². The molecule has 0 spiro atoms. The van der Waals surface area contributed by atoms with Gasteiger partial charge in [0, 0.05) is 25.5 Å². The molecule has 0 fully saturated rings. The lowest BCUT2D eigenvalue weighted by molar-refractivity contribution is 0.0953. The van der Waals surface area contributed by atoms with Crippen molar-refractivity contribution in [3.05, 3.63) is 35.5 Å². The first kappa shape index (κ1) is 16.7. The van der Waals surface area contributed by atoms with E-state index in [1.807, 2.05) is 0 Å². The van der Waals surface area contributed by atoms with Crippen LogP contribution in [0.3, 0.4) is 0 Å². The van der Waals surface area contributed by atoms with Gasteiger partial charge in [-0.2, -0.15) is 0 Å². The maximum absolute atomic E-state index is 12.3. The molecule has 0 aliphatic heterocycles. The third-order valence-electron chi connectivity index (χ3n) is 3.26. The van der Waals surface area contributed by atoms with Crippen LogP contribution in [0, 0.1) is 6.92 Å². The number of nitrogens with one attached hydrogen (secondary N) is 1. The Morgan fingerprint density at radius 1 is 1.17 bits per heavy atom. The van der Waals surface area contributed by atoms with Crippen LogP contribution < -0.4 is 19.5 Å². The zero-order valence-electron chi connectivity index (χ0n) is 13.6. The maximum Gasteiger partial charge on any atom is 0.251 e. The number of nitrogens with zero attached hydrogens (tertiary/aromatic N) is 1. The largest absolute Gasteiger partial charge is 0.493 e. The summed E-state index contributed by atoms with van der Waals surface area (Å²) in [6, 6.07) is 3.22. The van der Waals surface area contributed by atoms with Crippen LogP contribution in [0.5, 0.6) is 17.2 Å². The zero-order valence-corrected chi connectivity index (χ0v) is 13.6. The van der Waals surface area contributed by atoms with Gasteiger partial charge in [-0.25, -0.2) is 4.98 Å². The normalized spacial score (nSPS) is 10.3. The zero-order chi connectivity index (χ0) is 16.8. The minimum Gasteiger partial charge on any atom is -0.493 e. The number of methoxy groups -OCH3 is 3. The smallest absolute Gasteiger partial charge is 0.251 e. The molecule has 2 rings (SSSR count). The monoisotopic (exact) mass is 320 g/mol. The van der Waals surface area contributed by atoms with Crippen molar-refractivity contribution in [2.75, 3.05) is 27.9 Å². The molecule has 23 heavy (non-hydrogen) atoms. The molecule has 1 aromatic heterocycles. The number of hydrogen-bond donors (Lipinski definition) is 1. The number of carbonyl (C=O) groups excluding carboxylic acids is 1. The molecular weight excluding hydrogens is 300 g/mol. The predicted octanol–water partition coefficient (Wildman–Crippen LogP) is 1.98. The lowest BCUT2D eigenvalue weighted by Gasteiger charge is -2.14. The minimum absolute atomic E-state index is 0.232. The molecule has 0 radical (unpaired) electrons. The summed E-state index contributed by atoms with van der Waals surface area (Å²) in [6.45, 7) is 2.22. The molecule has 1 heterocycles. The number of aryl methyl sites for hydroxylation is 1. The molecule has 1 aromatic carbocycles. The van der Waals surface area contributed by atoms with E-state index < -0.39 is 0 Å². The lowest BCUT2D eigenvalue weighted by atomic mass is 10.1. The van der Waals surface area contributed by atoms with Gasteiger partial charge in [-0.3, -0.25) is 4.79 Å². The van der Waals surface area contributed by atoms with Crippen molar-refractivity contribution in [1.29, 1.82) is 0 Å². The van der Waals surface area contributed by atoms with Crippen LogP contribution in [0.4, 0.5) is 0 Å². The number of benzene rings is 1. The molecule has 0 aliphatic carbocycles. The van der Waals surface area contributed by atoms with E-state index in [1.165, 1.54) is 21.3 Å². The van der Waals surface area contributed by atoms with Gasteiger partial charge in [0.15, 0.2) is 17.4 Å². The van der Waals surface area contributed by atoms with Crippen LogP contribution in [0.1, 0.15) is 21.9 Å². The molecule has 0 saturated heterocycles. The quantitative estimate of drug-likeness (QED) is 0.840. The topological polar surface area (TPSA) is 82.8 Å². The summed E-state index contributed by atoms with van der Waals surface area (Å²) < 4.78 is 20.8. The van der Waals surface area contributed by atoms with Gasteiger partial charge >= 0.3 is 0 Å². The summed E-state index contributed by atoms with van der Waals surface area (Å²) in [5.74, 6) is 1.69. The second-order valence-corrected chi connectivity index (χ2v) is 4.78. The summed E-state index contributed by atoms with van der Waals surface area (Å²) >= 11 is 0. The van der Waals surface area contributed by atoms with Crippen LogP contribution in [0.15, 0.2) is 22.8 Å². The Labute approximate surface area is 134 Å². The molecule has 2 aromatic rings. The van der Waals surface area contributed by atoms with Crippen molar-refractivity contribution in [3.8, 4) is 17.2 Å². The average Bonchev–Trinajstić information content (AvgIpc) is 2.98. The molecule has 1 amide bonds. The third-order valence-corrected chi connectivity index (χ3v) is 3.26. The van der Waals surface area contributed by atoms with Crippen molar-refractivity contribution in [1.82, 2.24) is 10.3 Å². The predicted molar refractivity (Wildman–Crippen MR) is 83.4 cm³/mol. The Morgan fingerprint density at radius 2 is 1.83 bits per heavy atom. The van der Waals surface area contributed by atoms with Gasteiger partial charge in [0.1, 0.15) is 6.26 Å². The Bertz CT molecular complexity index is 656. The molecule has 7 nitrogen and oxygen atoms in total. The van der Waals surface area contributed by atoms with Crippen molar-refractivity contribution in [2.24, 2.45) is 0 Å². The fourth-order valence-corrected chi connectivity index (χ4v) is 2.14. The van der Waals surface area contributed by atoms with Crippen LogP contribution in [-0.4, -0.2) is 38.8 Å². The number of rotatable bonds is 7. The highest BCUT2D eigenvalue weighted by Crippen LogP contribution is 2.38. The SMILES string of the molecule is COc1cc(C(=O)NCCc2coc(C)n2)cc(OC)c1OC. The van der Waals surface area contributed by atoms with Crippen LogP contribution in [0.25, 0.3) is 0 Å². The summed E-state index contributed by atoms with van der Waals surface area (Å²) in [4.78, 5) is 16.5. The van der Waals surface area contributed by atoms with Gasteiger partial charge in [-0.1, -0.05) is 0 Å². The van der Waals surface area contributed by atoms with Gasteiger partial charge in [-0.05, 0) is 12.1 Å². The highest BCUT2D eigenvalue weighted by molar-refractivity contribution is 5.95. The van der Waals surface area contributed by atoms with E-state index in [9.17, 15) is 4.79 Å². The Morgan fingerprint density at radius 3 is 2.30 bits per heavy atom.